The van der Waals surface area contributed by atoms with Gasteiger partial charge in [0.1, 0.15) is 0 Å². The number of thiophene rings is 1. The van der Waals surface area contributed by atoms with Gasteiger partial charge in [-0.25, -0.2) is 0 Å². The molecule has 1 aromatic heterocycles. The lowest BCUT2D eigenvalue weighted by atomic mass is 10.1. The fraction of sp³-hybridized carbons (Fsp3) is 0.333. The van der Waals surface area contributed by atoms with E-state index in [0.29, 0.717) is 0 Å². The summed E-state index contributed by atoms with van der Waals surface area (Å²) in [6, 6.07) is 8.94. The highest BCUT2D eigenvalue weighted by molar-refractivity contribution is 7.17. The minimum atomic E-state index is 0. The molecule has 2 heteroatoms. The van der Waals surface area contributed by atoms with E-state index in [1.165, 1.54) is 15.6 Å². The zero-order chi connectivity index (χ0) is 9.80. The summed E-state index contributed by atoms with van der Waals surface area (Å²) >= 11 is 1.81. The van der Waals surface area contributed by atoms with E-state index in [0.717, 1.165) is 19.5 Å². The summed E-state index contributed by atoms with van der Waals surface area (Å²) in [5.41, 5.74) is 1.43. The van der Waals surface area contributed by atoms with Crippen LogP contribution in [0, 0.1) is 0 Å². The van der Waals surface area contributed by atoms with Crippen molar-refractivity contribution >= 4 is 21.4 Å². The predicted octanol–water partition coefficient (Wildman–Crippen LogP) is 3.30. The first-order chi connectivity index (χ1) is 6.90. The number of benzene rings is 1. The van der Waals surface area contributed by atoms with Gasteiger partial charge in [0.15, 0.2) is 0 Å². The zero-order valence-corrected chi connectivity index (χ0v) is 9.23. The van der Waals surface area contributed by atoms with Crippen molar-refractivity contribution < 1.29 is 1.43 Å². The Morgan fingerprint density at radius 2 is 2.29 bits per heavy atom. The lowest BCUT2D eigenvalue weighted by Gasteiger charge is -2.02. The molecular formula is C12H17NS. The molecule has 1 heterocycles. The molecule has 0 saturated heterocycles. The van der Waals surface area contributed by atoms with Crippen LogP contribution in [0.15, 0.2) is 29.6 Å². The van der Waals surface area contributed by atoms with Gasteiger partial charge in [-0.15, -0.1) is 11.3 Å². The maximum Gasteiger partial charge on any atom is 0.0342 e. The molecule has 1 N–H and O–H groups in total. The van der Waals surface area contributed by atoms with Crippen molar-refractivity contribution in [1.82, 2.24) is 5.32 Å². The summed E-state index contributed by atoms with van der Waals surface area (Å²) < 4.78 is 1.39. The van der Waals surface area contributed by atoms with E-state index >= 15 is 0 Å². The summed E-state index contributed by atoms with van der Waals surface area (Å²) in [6.45, 7) is 4.27. The van der Waals surface area contributed by atoms with Crippen LogP contribution >= 0.6 is 11.3 Å². The van der Waals surface area contributed by atoms with Gasteiger partial charge in [0.25, 0.3) is 0 Å². The van der Waals surface area contributed by atoms with Crippen molar-refractivity contribution in [3.63, 3.8) is 0 Å². The van der Waals surface area contributed by atoms with Crippen molar-refractivity contribution in [3.05, 3.63) is 35.2 Å². The third-order valence-electron chi connectivity index (χ3n) is 2.36. The molecule has 0 aliphatic rings. The Hall–Kier alpha value is -0.860. The van der Waals surface area contributed by atoms with Crippen LogP contribution in [0.25, 0.3) is 10.1 Å². The molecule has 1 nitrogen and oxygen atoms in total. The van der Waals surface area contributed by atoms with Gasteiger partial charge in [-0.3, -0.25) is 0 Å². The number of rotatable bonds is 4. The molecule has 2 rings (SSSR count). The van der Waals surface area contributed by atoms with Gasteiger partial charge < -0.3 is 5.32 Å². The fourth-order valence-electron chi connectivity index (χ4n) is 1.58. The molecule has 76 valence electrons. The molecule has 14 heavy (non-hydrogen) atoms. The summed E-state index contributed by atoms with van der Waals surface area (Å²) in [4.78, 5) is 0. The number of hydrogen-bond donors (Lipinski definition) is 1. The van der Waals surface area contributed by atoms with Crippen LogP contribution in [0.5, 0.6) is 0 Å². The van der Waals surface area contributed by atoms with Crippen molar-refractivity contribution in [1.29, 1.82) is 0 Å². The van der Waals surface area contributed by atoms with Crippen LogP contribution in [0.3, 0.4) is 0 Å². The van der Waals surface area contributed by atoms with Crippen molar-refractivity contribution in [2.45, 2.75) is 13.3 Å². The van der Waals surface area contributed by atoms with Gasteiger partial charge in [-0.2, -0.15) is 0 Å². The van der Waals surface area contributed by atoms with Gasteiger partial charge in [0.05, 0.1) is 0 Å². The topological polar surface area (TPSA) is 12.0 Å². The second kappa shape index (κ2) is 4.58. The molecule has 0 spiro atoms. The average molecular weight is 207 g/mol. The Bertz CT molecular complexity index is 411. The highest BCUT2D eigenvalue weighted by Gasteiger charge is 1.96. The van der Waals surface area contributed by atoms with E-state index in [1.807, 2.05) is 11.3 Å². The quantitative estimate of drug-likeness (QED) is 0.759. The van der Waals surface area contributed by atoms with Crippen molar-refractivity contribution in [3.8, 4) is 0 Å². The Labute approximate surface area is 90.2 Å². The third-order valence-corrected chi connectivity index (χ3v) is 3.26. The predicted molar refractivity (Wildman–Crippen MR) is 66.2 cm³/mol. The van der Waals surface area contributed by atoms with E-state index < -0.39 is 0 Å². The maximum atomic E-state index is 3.34. The Kier molecular flexibility index (Phi) is 3.17. The molecule has 0 atom stereocenters. The molecule has 2 aromatic rings. The van der Waals surface area contributed by atoms with E-state index in [1.54, 1.807) is 0 Å². The third kappa shape index (κ3) is 2.14. The van der Waals surface area contributed by atoms with Gasteiger partial charge in [0, 0.05) is 6.13 Å². The molecule has 0 bridgehead atoms. The molecular weight excluding hydrogens is 190 g/mol. The Morgan fingerprint density at radius 3 is 3.14 bits per heavy atom. The van der Waals surface area contributed by atoms with Crippen LogP contribution in [-0.4, -0.2) is 13.1 Å². The molecule has 0 aliphatic carbocycles. The molecule has 0 unspecified atom stereocenters. The largest absolute Gasteiger partial charge is 0.317 e. The molecule has 0 fully saturated rings. The Morgan fingerprint density at radius 1 is 1.36 bits per heavy atom. The van der Waals surface area contributed by atoms with Gasteiger partial charge >= 0.3 is 0 Å². The molecule has 0 saturated carbocycles. The monoisotopic (exact) mass is 207 g/mol. The molecule has 0 radical (unpaired) electrons. The van der Waals surface area contributed by atoms with Gasteiger partial charge in [-0.05, 0) is 48.0 Å². The minimum absolute atomic E-state index is 0. The van der Waals surface area contributed by atoms with E-state index in [2.05, 4.69) is 41.9 Å². The first kappa shape index (κ1) is 9.69. The molecule has 0 amide bonds. The van der Waals surface area contributed by atoms with E-state index in [9.17, 15) is 0 Å². The zero-order valence-electron chi connectivity index (χ0n) is 8.42. The fourth-order valence-corrected chi connectivity index (χ4v) is 2.35. The normalized spacial score (nSPS) is 10.9. The van der Waals surface area contributed by atoms with Crippen molar-refractivity contribution in [2.24, 2.45) is 0 Å². The summed E-state index contributed by atoms with van der Waals surface area (Å²) in [7, 11) is 0. The first-order valence-electron chi connectivity index (χ1n) is 5.07. The number of hydrogen-bond acceptors (Lipinski definition) is 2. The van der Waals surface area contributed by atoms with Crippen LogP contribution in [0.2, 0.25) is 0 Å². The molecule has 0 aliphatic heterocycles. The highest BCUT2D eigenvalue weighted by atomic mass is 32.1. The summed E-state index contributed by atoms with van der Waals surface area (Å²) in [5.74, 6) is 0. The number of fused-ring (bicyclic) bond motifs is 1. The standard InChI is InChI=1S/C12H15NS.H2/c1-2-13-7-5-10-3-4-12-11(9-10)6-8-14-12;/h3-4,6,8-9,13H,2,5,7H2,1H3;1H. The van der Waals surface area contributed by atoms with Gasteiger partial charge in [-0.1, -0.05) is 19.1 Å². The van der Waals surface area contributed by atoms with Crippen molar-refractivity contribution in [2.75, 3.05) is 13.1 Å². The second-order valence-electron chi connectivity index (χ2n) is 3.40. The Balaban J connectivity index is 0.00000112. The van der Waals surface area contributed by atoms with Crippen LogP contribution in [0.1, 0.15) is 13.9 Å². The summed E-state index contributed by atoms with van der Waals surface area (Å²) in [5, 5.41) is 6.87. The van der Waals surface area contributed by atoms with Crippen LogP contribution in [0.4, 0.5) is 0 Å². The summed E-state index contributed by atoms with van der Waals surface area (Å²) in [6.07, 6.45) is 1.12. The van der Waals surface area contributed by atoms with E-state index in [-0.39, 0.29) is 1.43 Å². The number of likely N-dealkylation sites (N-methyl/N-ethyl adjacent to an activating group) is 1. The second-order valence-corrected chi connectivity index (χ2v) is 4.34. The SMILES string of the molecule is CCNCCc1ccc2sccc2c1.[HH]. The first-order valence-corrected chi connectivity index (χ1v) is 5.95. The van der Waals surface area contributed by atoms with Crippen LogP contribution in [-0.2, 0) is 6.42 Å². The lowest BCUT2D eigenvalue weighted by molar-refractivity contribution is 0.717. The van der Waals surface area contributed by atoms with Gasteiger partial charge in [0.2, 0.25) is 0 Å². The minimum Gasteiger partial charge on any atom is -0.317 e. The smallest absolute Gasteiger partial charge is 0.0342 e. The highest BCUT2D eigenvalue weighted by Crippen LogP contribution is 2.21. The van der Waals surface area contributed by atoms with E-state index in [4.69, 9.17) is 0 Å². The average Bonchev–Trinajstić information content (AvgIpc) is 2.65. The van der Waals surface area contributed by atoms with Crippen LogP contribution < -0.4 is 5.32 Å². The lowest BCUT2D eigenvalue weighted by Crippen LogP contribution is -2.15. The molecule has 1 aromatic carbocycles. The maximum absolute atomic E-state index is 3.34. The number of nitrogens with one attached hydrogen (secondary N) is 1.